The number of nitrogens with one attached hydrogen (secondary N) is 3. The van der Waals surface area contributed by atoms with Crippen LogP contribution in [0.1, 0.15) is 50.5 Å². The highest BCUT2D eigenvalue weighted by molar-refractivity contribution is 5.93. The molecule has 27 heavy (non-hydrogen) atoms. The molecule has 0 aromatic heterocycles. The van der Waals surface area contributed by atoms with E-state index in [1.165, 1.54) is 19.3 Å². The molecule has 3 amide bonds. The Morgan fingerprint density at radius 3 is 2.89 bits per heavy atom. The van der Waals surface area contributed by atoms with Gasteiger partial charge in [0.15, 0.2) is 0 Å². The highest BCUT2D eigenvalue weighted by Crippen LogP contribution is 2.26. The molecule has 1 saturated carbocycles. The van der Waals surface area contributed by atoms with Crippen molar-refractivity contribution in [3.8, 4) is 5.75 Å². The summed E-state index contributed by atoms with van der Waals surface area (Å²) >= 11 is 0. The summed E-state index contributed by atoms with van der Waals surface area (Å²) in [6.45, 7) is 1.09. The van der Waals surface area contributed by atoms with Crippen molar-refractivity contribution in [3.63, 3.8) is 0 Å². The monoisotopic (exact) mass is 374 g/mol. The van der Waals surface area contributed by atoms with E-state index in [2.05, 4.69) is 16.1 Å². The van der Waals surface area contributed by atoms with Gasteiger partial charge in [0.05, 0.1) is 6.61 Å². The van der Waals surface area contributed by atoms with Crippen LogP contribution in [0.3, 0.4) is 0 Å². The van der Waals surface area contributed by atoms with E-state index in [1.54, 1.807) is 0 Å². The fourth-order valence-corrected chi connectivity index (χ4v) is 3.67. The summed E-state index contributed by atoms with van der Waals surface area (Å²) in [6, 6.07) is 6.01. The molecule has 7 heteroatoms. The van der Waals surface area contributed by atoms with E-state index in [0.29, 0.717) is 25.6 Å². The molecule has 1 aliphatic heterocycles. The number of aryl methyl sites for hydroxylation is 1. The maximum absolute atomic E-state index is 12.0. The Balaban J connectivity index is 1.31. The molecule has 1 aliphatic carbocycles. The first-order valence-electron chi connectivity index (χ1n) is 9.95. The van der Waals surface area contributed by atoms with Crippen LogP contribution in [0.4, 0.5) is 10.5 Å². The number of rotatable bonds is 7. The zero-order valence-electron chi connectivity index (χ0n) is 16.1. The molecule has 1 aromatic carbocycles. The van der Waals surface area contributed by atoms with Crippen molar-refractivity contribution in [2.45, 2.75) is 57.4 Å². The molecule has 1 fully saturated rings. The van der Waals surface area contributed by atoms with E-state index in [0.717, 1.165) is 42.7 Å². The standard InChI is InChI=1S/C20H30N4O3/c1-24(16-6-3-2-4-7-16)23-20(26)21-12-5-13-27-17-9-10-18-15(14-17)8-11-19(25)22-18/h9-10,14,16H,2-8,11-13H2,1H3,(H,22,25)(H2,21,23,26). The van der Waals surface area contributed by atoms with Gasteiger partial charge < -0.3 is 15.4 Å². The lowest BCUT2D eigenvalue weighted by Crippen LogP contribution is -2.50. The van der Waals surface area contributed by atoms with Crippen molar-refractivity contribution in [1.29, 1.82) is 0 Å². The number of hydrazine groups is 1. The van der Waals surface area contributed by atoms with Gasteiger partial charge in [0.1, 0.15) is 5.75 Å². The molecule has 0 saturated heterocycles. The summed E-state index contributed by atoms with van der Waals surface area (Å²) in [5, 5.41) is 7.68. The Labute approximate surface area is 160 Å². The number of carbonyl (C=O) groups is 2. The fourth-order valence-electron chi connectivity index (χ4n) is 3.67. The van der Waals surface area contributed by atoms with E-state index >= 15 is 0 Å². The number of benzene rings is 1. The summed E-state index contributed by atoms with van der Waals surface area (Å²) in [4.78, 5) is 23.4. The summed E-state index contributed by atoms with van der Waals surface area (Å²) in [5.41, 5.74) is 4.88. The Morgan fingerprint density at radius 1 is 1.26 bits per heavy atom. The van der Waals surface area contributed by atoms with Gasteiger partial charge >= 0.3 is 6.03 Å². The van der Waals surface area contributed by atoms with Crippen molar-refractivity contribution < 1.29 is 14.3 Å². The normalized spacial score (nSPS) is 17.2. The molecule has 0 atom stereocenters. The fraction of sp³-hybridized carbons (Fsp3) is 0.600. The van der Waals surface area contributed by atoms with Crippen molar-refractivity contribution in [2.24, 2.45) is 0 Å². The van der Waals surface area contributed by atoms with E-state index in [-0.39, 0.29) is 11.9 Å². The lowest BCUT2D eigenvalue weighted by atomic mass is 9.95. The van der Waals surface area contributed by atoms with Crippen LogP contribution in [0.25, 0.3) is 0 Å². The molecule has 1 aromatic rings. The smallest absolute Gasteiger partial charge is 0.329 e. The summed E-state index contributed by atoms with van der Waals surface area (Å²) < 4.78 is 5.76. The number of nitrogens with zero attached hydrogens (tertiary/aromatic N) is 1. The lowest BCUT2D eigenvalue weighted by Gasteiger charge is -2.31. The van der Waals surface area contributed by atoms with E-state index in [4.69, 9.17) is 4.74 Å². The molecule has 0 radical (unpaired) electrons. The Bertz CT molecular complexity index is 659. The molecule has 0 bridgehead atoms. The van der Waals surface area contributed by atoms with Gasteiger partial charge in [0.25, 0.3) is 0 Å². The molecule has 0 spiro atoms. The first-order chi connectivity index (χ1) is 13.1. The zero-order valence-corrected chi connectivity index (χ0v) is 16.1. The first-order valence-corrected chi connectivity index (χ1v) is 9.95. The molecule has 1 heterocycles. The van der Waals surface area contributed by atoms with Gasteiger partial charge in [-0.05, 0) is 49.4 Å². The molecule has 3 N–H and O–H groups in total. The quantitative estimate of drug-likeness (QED) is 0.506. The van der Waals surface area contributed by atoms with Gasteiger partial charge in [0, 0.05) is 31.7 Å². The van der Waals surface area contributed by atoms with Gasteiger partial charge in [-0.1, -0.05) is 19.3 Å². The van der Waals surface area contributed by atoms with E-state index in [1.807, 2.05) is 30.3 Å². The topological polar surface area (TPSA) is 82.7 Å². The number of ether oxygens (including phenoxy) is 1. The minimum Gasteiger partial charge on any atom is -0.494 e. The molecule has 0 unspecified atom stereocenters. The van der Waals surface area contributed by atoms with Crippen molar-refractivity contribution in [1.82, 2.24) is 15.8 Å². The van der Waals surface area contributed by atoms with E-state index in [9.17, 15) is 9.59 Å². The third-order valence-electron chi connectivity index (χ3n) is 5.25. The second-order valence-electron chi connectivity index (χ2n) is 7.34. The highest BCUT2D eigenvalue weighted by Gasteiger charge is 2.19. The van der Waals surface area contributed by atoms with Gasteiger partial charge in [0.2, 0.25) is 5.91 Å². The summed E-state index contributed by atoms with van der Waals surface area (Å²) in [6.07, 6.45) is 8.07. The van der Waals surface area contributed by atoms with Crippen molar-refractivity contribution in [2.75, 3.05) is 25.5 Å². The van der Waals surface area contributed by atoms with Crippen LogP contribution in [0.5, 0.6) is 5.75 Å². The van der Waals surface area contributed by atoms with Crippen LogP contribution < -0.4 is 20.8 Å². The largest absolute Gasteiger partial charge is 0.494 e. The Kier molecular flexibility index (Phi) is 6.92. The molecule has 148 valence electrons. The second-order valence-corrected chi connectivity index (χ2v) is 7.34. The maximum atomic E-state index is 12.0. The number of amides is 3. The van der Waals surface area contributed by atoms with Crippen LogP contribution in [0.2, 0.25) is 0 Å². The average Bonchev–Trinajstić information content (AvgIpc) is 2.68. The second kappa shape index (κ2) is 9.60. The summed E-state index contributed by atoms with van der Waals surface area (Å²) in [5.74, 6) is 0.862. The van der Waals surface area contributed by atoms with Gasteiger partial charge in [-0.2, -0.15) is 0 Å². The number of fused-ring (bicyclic) bond motifs is 1. The predicted molar refractivity (Wildman–Crippen MR) is 105 cm³/mol. The third kappa shape index (κ3) is 5.85. The van der Waals surface area contributed by atoms with Crippen LogP contribution in [-0.4, -0.2) is 43.2 Å². The minimum absolute atomic E-state index is 0.0645. The number of hydrogen-bond donors (Lipinski definition) is 3. The third-order valence-corrected chi connectivity index (χ3v) is 5.25. The Morgan fingerprint density at radius 2 is 2.07 bits per heavy atom. The van der Waals surface area contributed by atoms with Gasteiger partial charge in [-0.15, -0.1) is 0 Å². The maximum Gasteiger partial charge on any atom is 0.329 e. The lowest BCUT2D eigenvalue weighted by molar-refractivity contribution is -0.116. The number of hydrogen-bond acceptors (Lipinski definition) is 4. The Hall–Kier alpha value is -2.28. The molecular formula is C20H30N4O3. The van der Waals surface area contributed by atoms with Gasteiger partial charge in [-0.25, -0.2) is 9.80 Å². The molecular weight excluding hydrogens is 344 g/mol. The number of urea groups is 1. The SMILES string of the molecule is CN(NC(=O)NCCCOc1ccc2c(c1)CCC(=O)N2)C1CCCCC1. The minimum atomic E-state index is -0.160. The van der Waals surface area contributed by atoms with Crippen LogP contribution >= 0.6 is 0 Å². The number of carbonyl (C=O) groups excluding carboxylic acids is 2. The highest BCUT2D eigenvalue weighted by atomic mass is 16.5. The van der Waals surface area contributed by atoms with E-state index < -0.39 is 0 Å². The molecule has 2 aliphatic rings. The van der Waals surface area contributed by atoms with Crippen molar-refractivity contribution in [3.05, 3.63) is 23.8 Å². The average molecular weight is 374 g/mol. The predicted octanol–water partition coefficient (Wildman–Crippen LogP) is 2.82. The van der Waals surface area contributed by atoms with Crippen LogP contribution in [0, 0.1) is 0 Å². The summed E-state index contributed by atoms with van der Waals surface area (Å²) in [7, 11) is 1.94. The van der Waals surface area contributed by atoms with Gasteiger partial charge in [-0.3, -0.25) is 10.2 Å². The van der Waals surface area contributed by atoms with Crippen LogP contribution in [-0.2, 0) is 11.2 Å². The number of anilines is 1. The molecule has 3 rings (SSSR count). The van der Waals surface area contributed by atoms with Crippen LogP contribution in [0.15, 0.2) is 18.2 Å². The van der Waals surface area contributed by atoms with Crippen molar-refractivity contribution >= 4 is 17.6 Å². The molecule has 7 nitrogen and oxygen atoms in total. The first kappa shape index (κ1) is 19.5. The zero-order chi connectivity index (χ0) is 19.1.